The lowest BCUT2D eigenvalue weighted by molar-refractivity contribution is 0.0719. The Bertz CT molecular complexity index is 918. The number of halogens is 1. The van der Waals surface area contributed by atoms with E-state index in [0.717, 1.165) is 17.1 Å². The minimum absolute atomic E-state index is 0.0141. The molecule has 0 heterocycles. The average Bonchev–Trinajstić information content (AvgIpc) is 2.70. The molecule has 8 heteroatoms. The first-order valence-electron chi connectivity index (χ1n) is 9.06. The largest absolute Gasteiger partial charge is 0.395 e. The Balaban J connectivity index is 2.33. The molecule has 0 unspecified atom stereocenters. The molecule has 1 amide bonds. The van der Waals surface area contributed by atoms with Crippen molar-refractivity contribution < 1.29 is 18.3 Å². The molecule has 152 valence electrons. The SMILES string of the molecule is CCCCN(CCO)C(=O)c1cccc(S(=O)(=O)N(C)c2cccc(Cl)c2)c1. The van der Waals surface area contributed by atoms with Crippen LogP contribution in [0.4, 0.5) is 5.69 Å². The summed E-state index contributed by atoms with van der Waals surface area (Å²) in [7, 11) is -2.43. The highest BCUT2D eigenvalue weighted by Gasteiger charge is 2.23. The van der Waals surface area contributed by atoms with Crippen molar-refractivity contribution in [2.45, 2.75) is 24.7 Å². The molecule has 0 saturated carbocycles. The number of carbonyl (C=O) groups excluding carboxylic acids is 1. The second-order valence-corrected chi connectivity index (χ2v) is 8.76. The zero-order valence-corrected chi connectivity index (χ0v) is 17.6. The number of carbonyl (C=O) groups is 1. The van der Waals surface area contributed by atoms with Crippen molar-refractivity contribution in [3.63, 3.8) is 0 Å². The van der Waals surface area contributed by atoms with E-state index in [9.17, 15) is 18.3 Å². The zero-order valence-electron chi connectivity index (χ0n) is 16.0. The van der Waals surface area contributed by atoms with Gasteiger partial charge in [0.2, 0.25) is 0 Å². The van der Waals surface area contributed by atoms with Crippen molar-refractivity contribution in [1.82, 2.24) is 4.90 Å². The number of anilines is 1. The number of amides is 1. The maximum absolute atomic E-state index is 13.0. The predicted molar refractivity (Wildman–Crippen MR) is 111 cm³/mol. The molecule has 28 heavy (non-hydrogen) atoms. The van der Waals surface area contributed by atoms with Gasteiger partial charge in [0.25, 0.3) is 15.9 Å². The van der Waals surface area contributed by atoms with Crippen molar-refractivity contribution >= 4 is 33.2 Å². The molecule has 0 fully saturated rings. The van der Waals surface area contributed by atoms with Gasteiger partial charge in [-0.2, -0.15) is 0 Å². The minimum Gasteiger partial charge on any atom is -0.395 e. The predicted octanol–water partition coefficient (Wildman–Crippen LogP) is 3.40. The molecule has 0 bridgehead atoms. The van der Waals surface area contributed by atoms with E-state index in [1.807, 2.05) is 6.92 Å². The lowest BCUT2D eigenvalue weighted by Gasteiger charge is -2.23. The Morgan fingerprint density at radius 3 is 2.46 bits per heavy atom. The van der Waals surface area contributed by atoms with Crippen molar-refractivity contribution in [2.75, 3.05) is 31.0 Å². The van der Waals surface area contributed by atoms with Crippen molar-refractivity contribution in [2.24, 2.45) is 0 Å². The molecule has 0 aliphatic rings. The molecule has 6 nitrogen and oxygen atoms in total. The van der Waals surface area contributed by atoms with E-state index >= 15 is 0 Å². The molecule has 2 aromatic rings. The molecule has 0 aliphatic heterocycles. The molecule has 2 aromatic carbocycles. The third kappa shape index (κ3) is 5.25. The summed E-state index contributed by atoms with van der Waals surface area (Å²) in [6, 6.07) is 12.5. The van der Waals surface area contributed by atoms with Crippen LogP contribution < -0.4 is 4.31 Å². The minimum atomic E-state index is -3.87. The summed E-state index contributed by atoms with van der Waals surface area (Å²) >= 11 is 5.97. The van der Waals surface area contributed by atoms with Crippen LogP contribution in [0.3, 0.4) is 0 Å². The topological polar surface area (TPSA) is 77.9 Å². The highest BCUT2D eigenvalue weighted by Crippen LogP contribution is 2.25. The number of rotatable bonds is 9. The van der Waals surface area contributed by atoms with Gasteiger partial charge in [0.1, 0.15) is 0 Å². The normalized spacial score (nSPS) is 11.3. The summed E-state index contributed by atoms with van der Waals surface area (Å²) in [4.78, 5) is 14.3. The average molecular weight is 425 g/mol. The van der Waals surface area contributed by atoms with Crippen LogP contribution in [0.5, 0.6) is 0 Å². The lowest BCUT2D eigenvalue weighted by atomic mass is 10.2. The van der Waals surface area contributed by atoms with Gasteiger partial charge in [0, 0.05) is 30.7 Å². The molecule has 0 atom stereocenters. The van der Waals surface area contributed by atoms with Gasteiger partial charge in [0.05, 0.1) is 17.2 Å². The van der Waals surface area contributed by atoms with E-state index in [4.69, 9.17) is 11.6 Å². The second kappa shape index (κ2) is 9.91. The van der Waals surface area contributed by atoms with Crippen LogP contribution in [-0.2, 0) is 10.0 Å². The monoisotopic (exact) mass is 424 g/mol. The van der Waals surface area contributed by atoms with Gasteiger partial charge < -0.3 is 10.0 Å². The summed E-state index contributed by atoms with van der Waals surface area (Å²) in [5.41, 5.74) is 0.694. The highest BCUT2D eigenvalue weighted by atomic mass is 35.5. The summed E-state index contributed by atoms with van der Waals surface area (Å²) in [6.45, 7) is 2.58. The Morgan fingerprint density at radius 1 is 1.11 bits per heavy atom. The summed E-state index contributed by atoms with van der Waals surface area (Å²) < 4.78 is 27.1. The molecule has 0 aliphatic carbocycles. The number of nitrogens with zero attached hydrogens (tertiary/aromatic N) is 2. The Hall–Kier alpha value is -2.09. The summed E-state index contributed by atoms with van der Waals surface area (Å²) in [5.74, 6) is -0.301. The number of unbranched alkanes of at least 4 members (excludes halogenated alkanes) is 1. The first kappa shape index (κ1) is 22.2. The van der Waals surface area contributed by atoms with E-state index in [1.54, 1.807) is 36.4 Å². The molecular formula is C20H25ClN2O4S. The number of benzene rings is 2. The molecule has 0 aromatic heterocycles. The third-order valence-corrected chi connectivity index (χ3v) is 6.37. The summed E-state index contributed by atoms with van der Waals surface area (Å²) in [5, 5.41) is 9.66. The van der Waals surface area contributed by atoms with E-state index in [2.05, 4.69) is 0 Å². The lowest BCUT2D eigenvalue weighted by Crippen LogP contribution is -2.34. The van der Waals surface area contributed by atoms with Gasteiger partial charge in [-0.05, 0) is 42.8 Å². The summed E-state index contributed by atoms with van der Waals surface area (Å²) in [6.07, 6.45) is 1.72. The Morgan fingerprint density at radius 2 is 1.82 bits per heavy atom. The van der Waals surface area contributed by atoms with Gasteiger partial charge in [-0.25, -0.2) is 8.42 Å². The molecular weight excluding hydrogens is 400 g/mol. The number of hydrogen-bond donors (Lipinski definition) is 1. The van der Waals surface area contributed by atoms with Crippen molar-refractivity contribution in [1.29, 1.82) is 0 Å². The highest BCUT2D eigenvalue weighted by molar-refractivity contribution is 7.92. The number of sulfonamides is 1. The molecule has 0 spiro atoms. The third-order valence-electron chi connectivity index (χ3n) is 4.35. The van der Waals surface area contributed by atoms with Crippen LogP contribution in [0.1, 0.15) is 30.1 Å². The number of aliphatic hydroxyl groups excluding tert-OH is 1. The standard InChI is InChI=1S/C20H25ClN2O4S/c1-3-4-11-23(12-13-24)20(25)16-7-5-10-19(14-16)28(26,27)22(2)18-9-6-8-17(21)15-18/h5-10,14-15,24H,3-4,11-13H2,1-2H3. The molecule has 2 rings (SSSR count). The van der Waals surface area contributed by atoms with Crippen molar-refractivity contribution in [3.05, 3.63) is 59.1 Å². The van der Waals surface area contributed by atoms with Gasteiger partial charge in [-0.15, -0.1) is 0 Å². The van der Waals surface area contributed by atoms with Gasteiger partial charge >= 0.3 is 0 Å². The van der Waals surface area contributed by atoms with Crippen LogP contribution in [0.15, 0.2) is 53.4 Å². The maximum Gasteiger partial charge on any atom is 0.264 e. The van der Waals surface area contributed by atoms with Gasteiger partial charge in [0.15, 0.2) is 0 Å². The Kier molecular flexibility index (Phi) is 7.86. The van der Waals surface area contributed by atoms with E-state index in [-0.39, 0.29) is 29.5 Å². The quantitative estimate of drug-likeness (QED) is 0.669. The second-order valence-electron chi connectivity index (χ2n) is 6.35. The van der Waals surface area contributed by atoms with Crippen LogP contribution in [-0.4, -0.2) is 51.1 Å². The maximum atomic E-state index is 13.0. The van der Waals surface area contributed by atoms with Crippen LogP contribution in [0, 0.1) is 0 Å². The van der Waals surface area contributed by atoms with E-state index < -0.39 is 10.0 Å². The molecule has 0 saturated heterocycles. The fourth-order valence-corrected chi connectivity index (χ4v) is 4.14. The fourth-order valence-electron chi connectivity index (χ4n) is 2.73. The van der Waals surface area contributed by atoms with Crippen LogP contribution in [0.2, 0.25) is 5.02 Å². The van der Waals surface area contributed by atoms with E-state index in [1.165, 1.54) is 24.1 Å². The molecule has 1 N–H and O–H groups in total. The van der Waals surface area contributed by atoms with Crippen LogP contribution >= 0.6 is 11.6 Å². The van der Waals surface area contributed by atoms with Gasteiger partial charge in [-0.3, -0.25) is 9.10 Å². The molecule has 0 radical (unpaired) electrons. The van der Waals surface area contributed by atoms with Gasteiger partial charge in [-0.1, -0.05) is 37.1 Å². The number of aliphatic hydroxyl groups is 1. The first-order valence-corrected chi connectivity index (χ1v) is 10.9. The smallest absolute Gasteiger partial charge is 0.264 e. The van der Waals surface area contributed by atoms with Crippen molar-refractivity contribution in [3.8, 4) is 0 Å². The Labute approximate surface area is 171 Å². The van der Waals surface area contributed by atoms with Crippen LogP contribution in [0.25, 0.3) is 0 Å². The first-order chi connectivity index (χ1) is 13.3. The van der Waals surface area contributed by atoms with E-state index in [0.29, 0.717) is 17.3 Å². The number of hydrogen-bond acceptors (Lipinski definition) is 4. The fraction of sp³-hybridized carbons (Fsp3) is 0.350. The zero-order chi connectivity index (χ0) is 20.7.